The summed E-state index contributed by atoms with van der Waals surface area (Å²) in [6.07, 6.45) is 0. The van der Waals surface area contributed by atoms with Crippen molar-refractivity contribution in [3.05, 3.63) is 41.5 Å². The molecule has 2 rings (SSSR count). The zero-order chi connectivity index (χ0) is 11.9. The van der Waals surface area contributed by atoms with E-state index < -0.39 is 7.60 Å². The summed E-state index contributed by atoms with van der Waals surface area (Å²) in [5.74, 6) is 0. The lowest BCUT2D eigenvalue weighted by Crippen LogP contribution is -2.28. The van der Waals surface area contributed by atoms with Crippen LogP contribution in [0.25, 0.3) is 10.8 Å². The van der Waals surface area contributed by atoms with Crippen LogP contribution >= 0.6 is 7.60 Å². The zero-order valence-corrected chi connectivity index (χ0v) is 9.95. The average Bonchev–Trinajstić information content (AvgIpc) is 2.15. The van der Waals surface area contributed by atoms with Gasteiger partial charge in [-0.25, -0.2) is 0 Å². The summed E-state index contributed by atoms with van der Waals surface area (Å²) in [7, 11) is -4.70. The standard InChI is InChI=1S/C12H13O3P/c1-8-7-10-5-3-4-6-11(10)9(2)12(8)16(13,14)15/h3-7H,1-2H3,(H2,13,14,15)/p-2. The van der Waals surface area contributed by atoms with Gasteiger partial charge >= 0.3 is 0 Å². The highest BCUT2D eigenvalue weighted by molar-refractivity contribution is 7.57. The highest BCUT2D eigenvalue weighted by atomic mass is 31.2. The smallest absolute Gasteiger partial charge is 0.00920 e. The summed E-state index contributed by atoms with van der Waals surface area (Å²) in [6, 6.07) is 9.17. The molecule has 0 heterocycles. The molecule has 0 aliphatic rings. The van der Waals surface area contributed by atoms with Crippen LogP contribution in [0.4, 0.5) is 0 Å². The van der Waals surface area contributed by atoms with E-state index in [2.05, 4.69) is 0 Å². The third-order valence-corrected chi connectivity index (χ3v) is 3.98. The molecule has 0 unspecified atom stereocenters. The van der Waals surface area contributed by atoms with Crippen LogP contribution in [0.2, 0.25) is 0 Å². The number of fused-ring (bicyclic) bond motifs is 1. The third-order valence-electron chi connectivity index (χ3n) is 2.74. The average molecular weight is 234 g/mol. The minimum Gasteiger partial charge on any atom is -0.807 e. The summed E-state index contributed by atoms with van der Waals surface area (Å²) < 4.78 is 11.2. The molecule has 0 atom stereocenters. The summed E-state index contributed by atoms with van der Waals surface area (Å²) in [5, 5.41) is 1.70. The van der Waals surface area contributed by atoms with Gasteiger partial charge in [0.2, 0.25) is 0 Å². The monoisotopic (exact) mass is 234 g/mol. The van der Waals surface area contributed by atoms with E-state index in [0.717, 1.165) is 10.8 Å². The first-order valence-electron chi connectivity index (χ1n) is 4.93. The number of hydrogen-bond donors (Lipinski definition) is 0. The van der Waals surface area contributed by atoms with Gasteiger partial charge in [0, 0.05) is 0 Å². The predicted molar refractivity (Wildman–Crippen MR) is 60.7 cm³/mol. The summed E-state index contributed by atoms with van der Waals surface area (Å²) in [5.41, 5.74) is 1.06. The van der Waals surface area contributed by atoms with Crippen molar-refractivity contribution in [3.63, 3.8) is 0 Å². The van der Waals surface area contributed by atoms with Gasteiger partial charge in [0.15, 0.2) is 0 Å². The fraction of sp³-hybridized carbons (Fsp3) is 0.167. The van der Waals surface area contributed by atoms with Crippen molar-refractivity contribution in [2.24, 2.45) is 0 Å². The van der Waals surface area contributed by atoms with E-state index in [1.165, 1.54) is 0 Å². The van der Waals surface area contributed by atoms with Crippen molar-refractivity contribution in [2.45, 2.75) is 13.8 Å². The molecule has 0 amide bonds. The molecule has 0 N–H and O–H groups in total. The Morgan fingerprint density at radius 2 is 1.75 bits per heavy atom. The van der Waals surface area contributed by atoms with Gasteiger partial charge in [0.25, 0.3) is 0 Å². The molecular weight excluding hydrogens is 223 g/mol. The second-order valence-electron chi connectivity index (χ2n) is 3.89. The zero-order valence-electron chi connectivity index (χ0n) is 9.06. The Bertz CT molecular complexity index is 598. The third kappa shape index (κ3) is 1.78. The summed E-state index contributed by atoms with van der Waals surface area (Å²) in [6.45, 7) is 3.32. The Labute approximate surface area is 93.9 Å². The van der Waals surface area contributed by atoms with Crippen molar-refractivity contribution >= 4 is 23.7 Å². The second kappa shape index (κ2) is 3.70. The molecule has 3 nitrogen and oxygen atoms in total. The van der Waals surface area contributed by atoms with Crippen LogP contribution < -0.4 is 15.1 Å². The molecule has 0 spiro atoms. The van der Waals surface area contributed by atoms with Crippen LogP contribution in [0.5, 0.6) is 0 Å². The molecule has 4 heteroatoms. The summed E-state index contributed by atoms with van der Waals surface area (Å²) >= 11 is 0. The molecule has 0 aliphatic heterocycles. The van der Waals surface area contributed by atoms with Crippen LogP contribution in [-0.2, 0) is 4.57 Å². The predicted octanol–water partition coefficient (Wildman–Crippen LogP) is 0.996. The Morgan fingerprint density at radius 3 is 2.38 bits per heavy atom. The molecule has 0 aliphatic carbocycles. The Morgan fingerprint density at radius 1 is 1.12 bits per heavy atom. The Hall–Kier alpha value is -1.15. The van der Waals surface area contributed by atoms with Gasteiger partial charge in [-0.3, -0.25) is 0 Å². The van der Waals surface area contributed by atoms with E-state index in [1.54, 1.807) is 19.9 Å². The van der Waals surface area contributed by atoms with Crippen molar-refractivity contribution in [2.75, 3.05) is 0 Å². The second-order valence-corrected chi connectivity index (χ2v) is 5.33. The molecule has 0 bridgehead atoms. The van der Waals surface area contributed by atoms with E-state index in [9.17, 15) is 14.4 Å². The number of benzene rings is 2. The SMILES string of the molecule is Cc1cc2ccccc2c(C)c1P(=O)([O-])[O-]. The fourth-order valence-electron chi connectivity index (χ4n) is 2.11. The van der Waals surface area contributed by atoms with Gasteiger partial charge in [-0.15, -0.1) is 0 Å². The lowest BCUT2D eigenvalue weighted by Gasteiger charge is -2.33. The van der Waals surface area contributed by atoms with Gasteiger partial charge in [-0.1, -0.05) is 30.3 Å². The first-order valence-corrected chi connectivity index (χ1v) is 6.47. The van der Waals surface area contributed by atoms with Crippen LogP contribution in [0, 0.1) is 13.8 Å². The largest absolute Gasteiger partial charge is 0.807 e. The highest BCUT2D eigenvalue weighted by Crippen LogP contribution is 2.30. The molecule has 16 heavy (non-hydrogen) atoms. The van der Waals surface area contributed by atoms with E-state index in [-0.39, 0.29) is 5.30 Å². The molecule has 0 saturated heterocycles. The van der Waals surface area contributed by atoms with Gasteiger partial charge in [-0.2, -0.15) is 0 Å². The molecule has 2 aromatic carbocycles. The fourth-order valence-corrected chi connectivity index (χ4v) is 3.14. The van der Waals surface area contributed by atoms with E-state index in [0.29, 0.717) is 11.1 Å². The molecule has 2 aromatic rings. The van der Waals surface area contributed by atoms with Gasteiger partial charge in [0.1, 0.15) is 0 Å². The topological polar surface area (TPSA) is 63.2 Å². The minimum absolute atomic E-state index is 0.0637. The number of aryl methyl sites for hydroxylation is 2. The van der Waals surface area contributed by atoms with E-state index in [4.69, 9.17) is 0 Å². The normalized spacial score (nSPS) is 12.0. The molecule has 0 radical (unpaired) electrons. The lowest BCUT2D eigenvalue weighted by molar-refractivity contribution is -0.308. The highest BCUT2D eigenvalue weighted by Gasteiger charge is 2.09. The molecule has 0 aromatic heterocycles. The molecule has 84 valence electrons. The van der Waals surface area contributed by atoms with Crippen molar-refractivity contribution in [1.29, 1.82) is 0 Å². The first kappa shape index (κ1) is 11.3. The number of rotatable bonds is 1. The molecule has 0 fully saturated rings. The minimum atomic E-state index is -4.70. The summed E-state index contributed by atoms with van der Waals surface area (Å²) in [4.78, 5) is 22.4. The molecule has 0 saturated carbocycles. The quantitative estimate of drug-likeness (QED) is 0.691. The first-order chi connectivity index (χ1) is 7.41. The van der Waals surface area contributed by atoms with Crippen LogP contribution in [0.15, 0.2) is 30.3 Å². The van der Waals surface area contributed by atoms with Crippen LogP contribution in [-0.4, -0.2) is 0 Å². The van der Waals surface area contributed by atoms with Gasteiger partial charge in [-0.05, 0) is 48.6 Å². The van der Waals surface area contributed by atoms with Crippen LogP contribution in [0.3, 0.4) is 0 Å². The Kier molecular flexibility index (Phi) is 2.62. The lowest BCUT2D eigenvalue weighted by atomic mass is 10.0. The maximum absolute atomic E-state index is 11.2. The van der Waals surface area contributed by atoms with Gasteiger partial charge < -0.3 is 14.4 Å². The van der Waals surface area contributed by atoms with Gasteiger partial charge in [0.05, 0.1) is 0 Å². The van der Waals surface area contributed by atoms with Crippen LogP contribution in [0.1, 0.15) is 11.1 Å². The molecular formula is C12H11O3P-2. The number of hydrogen-bond acceptors (Lipinski definition) is 3. The van der Waals surface area contributed by atoms with Crippen molar-refractivity contribution in [1.82, 2.24) is 0 Å². The maximum atomic E-state index is 11.2. The van der Waals surface area contributed by atoms with E-state index >= 15 is 0 Å². The van der Waals surface area contributed by atoms with Crippen molar-refractivity contribution in [3.8, 4) is 0 Å². The van der Waals surface area contributed by atoms with E-state index in [1.807, 2.05) is 24.3 Å². The maximum Gasteiger partial charge on any atom is -0.00920 e. The van der Waals surface area contributed by atoms with Crippen molar-refractivity contribution < 1.29 is 14.4 Å². The Balaban J connectivity index is 2.92.